The molecule has 0 saturated carbocycles. The Morgan fingerprint density at radius 1 is 0.917 bits per heavy atom. The van der Waals surface area contributed by atoms with Crippen molar-refractivity contribution in [3.05, 3.63) is 24.6 Å². The van der Waals surface area contributed by atoms with Crippen LogP contribution in [0.1, 0.15) is 12.8 Å². The minimum Gasteiger partial charge on any atom is -0.254 e. The van der Waals surface area contributed by atoms with Gasteiger partial charge in [-0.05, 0) is 21.6 Å². The molecule has 0 N–H and O–H groups in total. The van der Waals surface area contributed by atoms with E-state index in [1.165, 1.54) is 10.1 Å². The molecule has 0 spiro atoms. The summed E-state index contributed by atoms with van der Waals surface area (Å²) >= 11 is 0. The summed E-state index contributed by atoms with van der Waals surface area (Å²) in [5.74, 6) is 0. The molecule has 0 unspecified atom stereocenters. The lowest BCUT2D eigenvalue weighted by Crippen LogP contribution is -1.86. The monoisotopic (exact) mass is 196 g/mol. The number of nitrogens with zero attached hydrogens (tertiary/aromatic N) is 2. The first-order valence-electron chi connectivity index (χ1n) is 3.73. The molecule has 2 heterocycles. The van der Waals surface area contributed by atoms with Gasteiger partial charge in [0.2, 0.25) is 0 Å². The van der Waals surface area contributed by atoms with Crippen LogP contribution in [0.2, 0.25) is 0 Å². The maximum Gasteiger partial charge on any atom is 0.0879 e. The first-order valence-corrected chi connectivity index (χ1v) is 5.88. The third kappa shape index (κ3) is 2.01. The lowest BCUT2D eigenvalue weighted by molar-refractivity contribution is 1.59. The second kappa shape index (κ2) is 3.96. The lowest BCUT2D eigenvalue weighted by Gasteiger charge is -1.97. The predicted octanol–water partition coefficient (Wildman–Crippen LogP) is 3.00. The maximum atomic E-state index is 4.20. The Labute approximate surface area is 79.3 Å². The van der Waals surface area contributed by atoms with Crippen LogP contribution in [0.15, 0.2) is 34.5 Å². The SMILES string of the molecule is C1=CN=C(SSC2=NC=CC2)C1. The van der Waals surface area contributed by atoms with E-state index in [9.17, 15) is 0 Å². The van der Waals surface area contributed by atoms with Gasteiger partial charge in [0, 0.05) is 25.2 Å². The van der Waals surface area contributed by atoms with Crippen LogP contribution < -0.4 is 0 Å². The molecule has 2 rings (SSSR count). The first kappa shape index (κ1) is 8.13. The minimum atomic E-state index is 0.984. The molecule has 2 aliphatic heterocycles. The van der Waals surface area contributed by atoms with E-state index in [1.54, 1.807) is 21.6 Å². The van der Waals surface area contributed by atoms with Crippen LogP contribution >= 0.6 is 21.6 Å². The summed E-state index contributed by atoms with van der Waals surface area (Å²) in [6, 6.07) is 0. The fourth-order valence-electron chi connectivity index (χ4n) is 0.891. The molecule has 0 aromatic heterocycles. The van der Waals surface area contributed by atoms with E-state index in [0.717, 1.165) is 12.8 Å². The smallest absolute Gasteiger partial charge is 0.0879 e. The second-order valence-corrected chi connectivity index (χ2v) is 4.67. The quantitative estimate of drug-likeness (QED) is 0.556. The molecular weight excluding hydrogens is 188 g/mol. The molecule has 0 saturated heterocycles. The molecule has 12 heavy (non-hydrogen) atoms. The fraction of sp³-hybridized carbons (Fsp3) is 0.250. The Bertz CT molecular complexity index is 259. The molecule has 0 atom stereocenters. The van der Waals surface area contributed by atoms with Gasteiger partial charge in [0.25, 0.3) is 0 Å². The Kier molecular flexibility index (Phi) is 2.68. The van der Waals surface area contributed by atoms with E-state index in [2.05, 4.69) is 22.1 Å². The zero-order valence-corrected chi connectivity index (χ0v) is 8.07. The van der Waals surface area contributed by atoms with Gasteiger partial charge >= 0.3 is 0 Å². The highest BCUT2D eigenvalue weighted by Gasteiger charge is 2.07. The molecule has 0 aliphatic carbocycles. The van der Waals surface area contributed by atoms with Gasteiger partial charge in [-0.1, -0.05) is 12.2 Å². The van der Waals surface area contributed by atoms with E-state index in [-0.39, 0.29) is 0 Å². The van der Waals surface area contributed by atoms with Gasteiger partial charge < -0.3 is 0 Å². The highest BCUT2D eigenvalue weighted by Crippen LogP contribution is 2.30. The van der Waals surface area contributed by atoms with E-state index < -0.39 is 0 Å². The third-order valence-electron chi connectivity index (χ3n) is 1.47. The number of allylic oxidation sites excluding steroid dienone is 2. The number of rotatable bonds is 0. The summed E-state index contributed by atoms with van der Waals surface area (Å²) in [5, 5.41) is 2.35. The van der Waals surface area contributed by atoms with Crippen molar-refractivity contribution in [1.82, 2.24) is 0 Å². The van der Waals surface area contributed by atoms with Gasteiger partial charge in [-0.25, -0.2) is 0 Å². The highest BCUT2D eigenvalue weighted by molar-refractivity contribution is 8.87. The van der Waals surface area contributed by atoms with Crippen LogP contribution in [0.4, 0.5) is 0 Å². The summed E-state index contributed by atoms with van der Waals surface area (Å²) in [4.78, 5) is 8.40. The number of hydrogen-bond acceptors (Lipinski definition) is 4. The maximum absolute atomic E-state index is 4.20. The Hall–Kier alpha value is -0.480. The summed E-state index contributed by atoms with van der Waals surface area (Å²) in [5.41, 5.74) is 0. The standard InChI is InChI=1S/C8H8N2S2/c1-3-7(9-5-1)11-12-8-4-2-6-10-8/h1-2,5-6H,3-4H2. The van der Waals surface area contributed by atoms with Crippen molar-refractivity contribution in [2.24, 2.45) is 9.98 Å². The molecular formula is C8H8N2S2. The van der Waals surface area contributed by atoms with Crippen LogP contribution in [-0.2, 0) is 0 Å². The number of hydrogen-bond donors (Lipinski definition) is 0. The van der Waals surface area contributed by atoms with Crippen molar-refractivity contribution in [2.75, 3.05) is 0 Å². The van der Waals surface area contributed by atoms with Crippen molar-refractivity contribution in [2.45, 2.75) is 12.8 Å². The van der Waals surface area contributed by atoms with Crippen LogP contribution in [0.25, 0.3) is 0 Å². The van der Waals surface area contributed by atoms with Crippen molar-refractivity contribution >= 4 is 31.7 Å². The summed E-state index contributed by atoms with van der Waals surface area (Å²) in [6.07, 6.45) is 9.82. The van der Waals surface area contributed by atoms with Crippen LogP contribution in [0.5, 0.6) is 0 Å². The van der Waals surface area contributed by atoms with E-state index >= 15 is 0 Å². The molecule has 0 radical (unpaired) electrons. The average molecular weight is 196 g/mol. The molecule has 0 aromatic carbocycles. The zero-order valence-electron chi connectivity index (χ0n) is 6.43. The Morgan fingerprint density at radius 2 is 1.42 bits per heavy atom. The van der Waals surface area contributed by atoms with Gasteiger partial charge in [0.15, 0.2) is 0 Å². The van der Waals surface area contributed by atoms with Gasteiger partial charge in [0.1, 0.15) is 0 Å². The lowest BCUT2D eigenvalue weighted by atomic mass is 10.5. The van der Waals surface area contributed by atoms with E-state index in [4.69, 9.17) is 0 Å². The van der Waals surface area contributed by atoms with Crippen LogP contribution in [0.3, 0.4) is 0 Å². The summed E-state index contributed by atoms with van der Waals surface area (Å²) in [6.45, 7) is 0. The molecule has 0 bridgehead atoms. The molecule has 0 amide bonds. The van der Waals surface area contributed by atoms with E-state index in [0.29, 0.717) is 0 Å². The molecule has 62 valence electrons. The van der Waals surface area contributed by atoms with E-state index in [1.807, 2.05) is 12.4 Å². The van der Waals surface area contributed by atoms with Crippen molar-refractivity contribution in [3.8, 4) is 0 Å². The summed E-state index contributed by atoms with van der Waals surface area (Å²) < 4.78 is 0. The third-order valence-corrected chi connectivity index (χ3v) is 3.88. The van der Waals surface area contributed by atoms with Gasteiger partial charge in [-0.2, -0.15) is 0 Å². The zero-order chi connectivity index (χ0) is 8.23. The molecule has 0 fully saturated rings. The Morgan fingerprint density at radius 3 is 1.75 bits per heavy atom. The minimum absolute atomic E-state index is 0.984. The first-order chi connectivity index (χ1) is 5.95. The molecule has 2 aliphatic rings. The van der Waals surface area contributed by atoms with Crippen molar-refractivity contribution in [1.29, 1.82) is 0 Å². The van der Waals surface area contributed by atoms with Gasteiger partial charge in [-0.3, -0.25) is 9.98 Å². The topological polar surface area (TPSA) is 24.7 Å². The van der Waals surface area contributed by atoms with Crippen LogP contribution in [-0.4, -0.2) is 10.1 Å². The van der Waals surface area contributed by atoms with Gasteiger partial charge in [0.05, 0.1) is 10.1 Å². The normalized spacial score (nSPS) is 20.0. The van der Waals surface area contributed by atoms with Crippen molar-refractivity contribution in [3.63, 3.8) is 0 Å². The fourth-order valence-corrected chi connectivity index (χ4v) is 2.86. The number of aliphatic imine (C=N–C) groups is 2. The average Bonchev–Trinajstić information content (AvgIpc) is 2.74. The Balaban J connectivity index is 1.75. The van der Waals surface area contributed by atoms with Crippen molar-refractivity contribution < 1.29 is 0 Å². The molecule has 2 nitrogen and oxygen atoms in total. The predicted molar refractivity (Wildman–Crippen MR) is 57.6 cm³/mol. The summed E-state index contributed by atoms with van der Waals surface area (Å²) in [7, 11) is 3.43. The highest BCUT2D eigenvalue weighted by atomic mass is 33.1. The second-order valence-electron chi connectivity index (χ2n) is 2.39. The molecule has 4 heteroatoms. The van der Waals surface area contributed by atoms with Gasteiger partial charge in [-0.15, -0.1) is 0 Å². The molecule has 0 aromatic rings. The largest absolute Gasteiger partial charge is 0.254 e. The van der Waals surface area contributed by atoms with Crippen LogP contribution in [0, 0.1) is 0 Å².